The van der Waals surface area contributed by atoms with Gasteiger partial charge >= 0.3 is 0 Å². The fourth-order valence-electron chi connectivity index (χ4n) is 1.34. The molecule has 0 saturated heterocycles. The molecule has 102 valence electrons. The molecular formula is C14H24ClNOSi. The third-order valence-electron chi connectivity index (χ3n) is 3.74. The molecule has 0 bridgehead atoms. The van der Waals surface area contributed by atoms with E-state index in [9.17, 15) is 0 Å². The maximum atomic E-state index is 6.19. The second-order valence-electron chi connectivity index (χ2n) is 6.18. The highest BCUT2D eigenvalue weighted by Gasteiger charge is 2.37. The predicted molar refractivity (Wildman–Crippen MR) is 81.3 cm³/mol. The highest BCUT2D eigenvalue weighted by Crippen LogP contribution is 2.37. The van der Waals surface area contributed by atoms with E-state index in [1.54, 1.807) is 0 Å². The first kappa shape index (κ1) is 15.7. The van der Waals surface area contributed by atoms with Crippen molar-refractivity contribution in [1.82, 2.24) is 0 Å². The molecule has 0 amide bonds. The summed E-state index contributed by atoms with van der Waals surface area (Å²) < 4.78 is 6.17. The minimum atomic E-state index is -1.73. The van der Waals surface area contributed by atoms with Crippen LogP contribution in [-0.4, -0.2) is 8.32 Å². The lowest BCUT2D eigenvalue weighted by Gasteiger charge is -2.36. The van der Waals surface area contributed by atoms with E-state index in [1.165, 1.54) is 0 Å². The summed E-state index contributed by atoms with van der Waals surface area (Å²) in [5.74, 6) is 0. The molecule has 0 aliphatic carbocycles. The second kappa shape index (κ2) is 5.74. The third kappa shape index (κ3) is 3.82. The van der Waals surface area contributed by atoms with Crippen LogP contribution in [0.3, 0.4) is 0 Å². The quantitative estimate of drug-likeness (QED) is 0.836. The SMILES string of the molecule is CC(C)(C)[Si](C)(C)OCc1cc(CN)ccc1Cl. The van der Waals surface area contributed by atoms with Gasteiger partial charge in [-0.3, -0.25) is 0 Å². The van der Waals surface area contributed by atoms with E-state index in [2.05, 4.69) is 33.9 Å². The van der Waals surface area contributed by atoms with Gasteiger partial charge in [-0.1, -0.05) is 44.5 Å². The van der Waals surface area contributed by atoms with Crippen LogP contribution in [0.2, 0.25) is 23.2 Å². The smallest absolute Gasteiger partial charge is 0.192 e. The highest BCUT2D eigenvalue weighted by molar-refractivity contribution is 6.74. The molecule has 0 aromatic heterocycles. The summed E-state index contributed by atoms with van der Waals surface area (Å²) in [6.45, 7) is 12.3. The Morgan fingerprint density at radius 2 is 1.89 bits per heavy atom. The Bertz CT molecular complexity index is 413. The molecule has 0 saturated carbocycles. The molecule has 0 atom stereocenters. The van der Waals surface area contributed by atoms with Crippen molar-refractivity contribution in [3.8, 4) is 0 Å². The maximum Gasteiger partial charge on any atom is 0.192 e. The average Bonchev–Trinajstić information content (AvgIpc) is 2.26. The number of hydrogen-bond donors (Lipinski definition) is 1. The lowest BCUT2D eigenvalue weighted by Crippen LogP contribution is -2.40. The monoisotopic (exact) mass is 285 g/mol. The van der Waals surface area contributed by atoms with Gasteiger partial charge in [-0.15, -0.1) is 0 Å². The molecule has 1 aromatic carbocycles. The normalized spacial score (nSPS) is 12.8. The van der Waals surface area contributed by atoms with Crippen LogP contribution in [0.4, 0.5) is 0 Å². The van der Waals surface area contributed by atoms with Gasteiger partial charge in [0, 0.05) is 11.6 Å². The second-order valence-corrected chi connectivity index (χ2v) is 11.4. The van der Waals surface area contributed by atoms with Crippen LogP contribution < -0.4 is 5.73 Å². The summed E-state index contributed by atoms with van der Waals surface area (Å²) in [5, 5.41) is 0.969. The minimum Gasteiger partial charge on any atom is -0.413 e. The molecule has 0 aliphatic heterocycles. The maximum absolute atomic E-state index is 6.19. The molecule has 0 unspecified atom stereocenters. The molecule has 0 heterocycles. The zero-order chi connectivity index (χ0) is 14.0. The van der Waals surface area contributed by atoms with Gasteiger partial charge in [0.25, 0.3) is 0 Å². The van der Waals surface area contributed by atoms with E-state index in [1.807, 2.05) is 18.2 Å². The van der Waals surface area contributed by atoms with Crippen LogP contribution in [-0.2, 0) is 17.6 Å². The van der Waals surface area contributed by atoms with Gasteiger partial charge in [-0.2, -0.15) is 0 Å². The Labute approximate surface area is 117 Å². The fraction of sp³-hybridized carbons (Fsp3) is 0.571. The predicted octanol–water partition coefficient (Wildman–Crippen LogP) is 4.32. The van der Waals surface area contributed by atoms with E-state index in [0.717, 1.165) is 16.1 Å². The lowest BCUT2D eigenvalue weighted by atomic mass is 10.1. The summed E-state index contributed by atoms with van der Waals surface area (Å²) in [6, 6.07) is 5.89. The zero-order valence-corrected chi connectivity index (χ0v) is 13.8. The molecule has 0 spiro atoms. The fourth-order valence-corrected chi connectivity index (χ4v) is 2.46. The Kier molecular flexibility index (Phi) is 5.01. The van der Waals surface area contributed by atoms with Gasteiger partial charge in [0.05, 0.1) is 6.61 Å². The molecule has 0 aliphatic rings. The van der Waals surface area contributed by atoms with Gasteiger partial charge < -0.3 is 10.2 Å². The minimum absolute atomic E-state index is 0.213. The lowest BCUT2D eigenvalue weighted by molar-refractivity contribution is 0.276. The zero-order valence-electron chi connectivity index (χ0n) is 12.0. The number of rotatable bonds is 4. The number of hydrogen-bond acceptors (Lipinski definition) is 2. The van der Waals surface area contributed by atoms with E-state index in [-0.39, 0.29) is 5.04 Å². The first-order chi connectivity index (χ1) is 8.17. The van der Waals surface area contributed by atoms with Crippen LogP contribution in [0.25, 0.3) is 0 Å². The molecule has 1 rings (SSSR count). The van der Waals surface area contributed by atoms with Crippen molar-refractivity contribution in [2.75, 3.05) is 0 Å². The largest absolute Gasteiger partial charge is 0.413 e. The van der Waals surface area contributed by atoms with Gasteiger partial charge in [-0.25, -0.2) is 0 Å². The van der Waals surface area contributed by atoms with Crippen molar-refractivity contribution in [1.29, 1.82) is 0 Å². The summed E-state index contributed by atoms with van der Waals surface area (Å²) in [4.78, 5) is 0. The summed E-state index contributed by atoms with van der Waals surface area (Å²) in [6.07, 6.45) is 0. The third-order valence-corrected chi connectivity index (χ3v) is 8.59. The van der Waals surface area contributed by atoms with Gasteiger partial charge in [0.2, 0.25) is 0 Å². The number of nitrogens with two attached hydrogens (primary N) is 1. The van der Waals surface area contributed by atoms with Crippen LogP contribution in [0.5, 0.6) is 0 Å². The van der Waals surface area contributed by atoms with Crippen molar-refractivity contribution in [2.45, 2.75) is 52.1 Å². The van der Waals surface area contributed by atoms with E-state index in [0.29, 0.717) is 13.2 Å². The van der Waals surface area contributed by atoms with Crippen LogP contribution in [0, 0.1) is 0 Å². The highest BCUT2D eigenvalue weighted by atomic mass is 35.5. The Morgan fingerprint density at radius 3 is 2.39 bits per heavy atom. The average molecular weight is 286 g/mol. The summed E-state index contributed by atoms with van der Waals surface area (Å²) in [7, 11) is -1.73. The molecule has 18 heavy (non-hydrogen) atoms. The standard InChI is InChI=1S/C14H24ClNOSi/c1-14(2,3)18(4,5)17-10-12-8-11(9-16)6-7-13(12)15/h6-8H,9-10,16H2,1-5H3. The number of halogens is 1. The molecule has 0 fully saturated rings. The first-order valence-corrected chi connectivity index (χ1v) is 9.57. The first-order valence-electron chi connectivity index (χ1n) is 6.29. The molecule has 4 heteroatoms. The summed E-state index contributed by atoms with van der Waals surface area (Å²) >= 11 is 6.19. The van der Waals surface area contributed by atoms with E-state index in [4.69, 9.17) is 21.8 Å². The molecule has 2 N–H and O–H groups in total. The van der Waals surface area contributed by atoms with Gasteiger partial charge in [0.15, 0.2) is 8.32 Å². The van der Waals surface area contributed by atoms with E-state index < -0.39 is 8.32 Å². The molecule has 1 aromatic rings. The Hall–Kier alpha value is -0.353. The molecule has 0 radical (unpaired) electrons. The van der Waals surface area contributed by atoms with E-state index >= 15 is 0 Å². The van der Waals surface area contributed by atoms with Crippen molar-refractivity contribution in [3.63, 3.8) is 0 Å². The Morgan fingerprint density at radius 1 is 1.28 bits per heavy atom. The van der Waals surface area contributed by atoms with Gasteiger partial charge in [0.1, 0.15) is 0 Å². The van der Waals surface area contributed by atoms with Crippen molar-refractivity contribution < 1.29 is 4.43 Å². The Balaban J connectivity index is 2.80. The molecule has 2 nitrogen and oxygen atoms in total. The van der Waals surface area contributed by atoms with Crippen molar-refractivity contribution in [2.24, 2.45) is 5.73 Å². The van der Waals surface area contributed by atoms with Crippen molar-refractivity contribution >= 4 is 19.9 Å². The van der Waals surface area contributed by atoms with Gasteiger partial charge in [-0.05, 0) is 35.3 Å². The van der Waals surface area contributed by atoms with Crippen LogP contribution >= 0.6 is 11.6 Å². The summed E-state index contributed by atoms with van der Waals surface area (Å²) in [5.41, 5.74) is 7.77. The van der Waals surface area contributed by atoms with Crippen LogP contribution in [0.1, 0.15) is 31.9 Å². The van der Waals surface area contributed by atoms with Crippen LogP contribution in [0.15, 0.2) is 18.2 Å². The van der Waals surface area contributed by atoms with Crippen molar-refractivity contribution in [3.05, 3.63) is 34.3 Å². The topological polar surface area (TPSA) is 35.2 Å². The molecular weight excluding hydrogens is 262 g/mol. The number of benzene rings is 1.